The van der Waals surface area contributed by atoms with E-state index in [2.05, 4.69) is 0 Å². The van der Waals surface area contributed by atoms with Gasteiger partial charge >= 0.3 is 0 Å². The first-order chi connectivity index (χ1) is 5.83. The minimum atomic E-state index is 0.692. The molecule has 1 aromatic heterocycles. The molecule has 2 nitrogen and oxygen atoms in total. The molecule has 0 aromatic carbocycles. The third-order valence-corrected chi connectivity index (χ3v) is 1.35. The van der Waals surface area contributed by atoms with Gasteiger partial charge in [0.2, 0.25) is 0 Å². The molecule has 0 aliphatic heterocycles. The van der Waals surface area contributed by atoms with Gasteiger partial charge in [-0.1, -0.05) is 12.2 Å². The molecule has 0 spiro atoms. The zero-order valence-electron chi connectivity index (χ0n) is 6.86. The second-order valence-electron chi connectivity index (χ2n) is 2.40. The third kappa shape index (κ3) is 2.58. The molecule has 0 N–H and O–H groups in total. The Hall–Kier alpha value is -1.57. The second-order valence-corrected chi connectivity index (χ2v) is 2.40. The van der Waals surface area contributed by atoms with Crippen molar-refractivity contribution in [3.05, 3.63) is 41.9 Å². The second kappa shape index (κ2) is 4.34. The molecule has 0 saturated carbocycles. The van der Waals surface area contributed by atoms with Crippen molar-refractivity contribution < 1.29 is 9.21 Å². The number of rotatable bonds is 3. The summed E-state index contributed by atoms with van der Waals surface area (Å²) in [4.78, 5) is 10.2. The van der Waals surface area contributed by atoms with Crippen LogP contribution in [-0.2, 0) is 4.79 Å². The van der Waals surface area contributed by atoms with Crippen molar-refractivity contribution in [3.8, 4) is 0 Å². The minimum absolute atomic E-state index is 0.692. The van der Waals surface area contributed by atoms with Crippen molar-refractivity contribution >= 4 is 12.4 Å². The van der Waals surface area contributed by atoms with Gasteiger partial charge in [0.05, 0.1) is 6.26 Å². The number of furan rings is 1. The molecule has 2 heteroatoms. The van der Waals surface area contributed by atoms with Crippen molar-refractivity contribution in [1.82, 2.24) is 0 Å². The van der Waals surface area contributed by atoms with Gasteiger partial charge in [-0.2, -0.15) is 0 Å². The molecule has 0 aliphatic carbocycles. The molecule has 1 aromatic rings. The van der Waals surface area contributed by atoms with Crippen molar-refractivity contribution in [2.75, 3.05) is 0 Å². The third-order valence-electron chi connectivity index (χ3n) is 1.35. The van der Waals surface area contributed by atoms with Crippen LogP contribution >= 0.6 is 0 Å². The number of aldehydes is 1. The summed E-state index contributed by atoms with van der Waals surface area (Å²) in [6, 6.07) is 3.66. The van der Waals surface area contributed by atoms with E-state index >= 15 is 0 Å². The summed E-state index contributed by atoms with van der Waals surface area (Å²) in [7, 11) is 0. The molecule has 1 rings (SSSR count). The van der Waals surface area contributed by atoms with E-state index in [1.807, 2.05) is 12.1 Å². The number of allylic oxidation sites excluding steroid dienone is 3. The average molecular weight is 162 g/mol. The lowest BCUT2D eigenvalue weighted by molar-refractivity contribution is -0.104. The average Bonchev–Trinajstić information content (AvgIpc) is 2.57. The Morgan fingerprint density at radius 3 is 3.00 bits per heavy atom. The summed E-state index contributed by atoms with van der Waals surface area (Å²) in [6.45, 7) is 1.75. The molecule has 0 amide bonds. The van der Waals surface area contributed by atoms with Crippen molar-refractivity contribution in [2.45, 2.75) is 6.92 Å². The largest absolute Gasteiger partial charge is 0.465 e. The van der Waals surface area contributed by atoms with Crippen LogP contribution in [0.3, 0.4) is 0 Å². The normalized spacial score (nSPS) is 12.2. The highest BCUT2D eigenvalue weighted by Gasteiger charge is 1.84. The lowest BCUT2D eigenvalue weighted by Gasteiger charge is -1.82. The number of hydrogen-bond acceptors (Lipinski definition) is 2. The molecule has 0 atom stereocenters. The molecular weight excluding hydrogens is 152 g/mol. The van der Waals surface area contributed by atoms with Crippen LogP contribution in [-0.4, -0.2) is 6.29 Å². The highest BCUT2D eigenvalue weighted by Crippen LogP contribution is 2.02. The molecule has 0 radical (unpaired) electrons. The predicted octanol–water partition coefficient (Wildman–Crippen LogP) is 2.44. The first kappa shape index (κ1) is 8.53. The van der Waals surface area contributed by atoms with E-state index in [-0.39, 0.29) is 0 Å². The van der Waals surface area contributed by atoms with Gasteiger partial charge in [-0.15, -0.1) is 0 Å². The van der Waals surface area contributed by atoms with Gasteiger partial charge in [0.1, 0.15) is 12.0 Å². The molecule has 1 heterocycles. The Morgan fingerprint density at radius 1 is 1.58 bits per heavy atom. The Morgan fingerprint density at radius 2 is 2.42 bits per heavy atom. The van der Waals surface area contributed by atoms with Gasteiger partial charge in [-0.3, -0.25) is 4.79 Å². The SMILES string of the molecule is C/C(C=O)=C/C=C/c1ccco1. The van der Waals surface area contributed by atoms with Gasteiger partial charge < -0.3 is 4.42 Å². The van der Waals surface area contributed by atoms with Crippen molar-refractivity contribution in [2.24, 2.45) is 0 Å². The summed E-state index contributed by atoms with van der Waals surface area (Å²) in [5, 5.41) is 0. The zero-order valence-corrected chi connectivity index (χ0v) is 6.86. The summed E-state index contributed by atoms with van der Waals surface area (Å²) in [6.07, 6.45) is 7.73. The van der Waals surface area contributed by atoms with E-state index in [1.54, 1.807) is 31.4 Å². The molecule has 12 heavy (non-hydrogen) atoms. The topological polar surface area (TPSA) is 30.2 Å². The standard InChI is InChI=1S/C10H10O2/c1-9(8-11)4-2-5-10-6-3-7-12-10/h2-8H,1H3/b5-2+,9-4-. The highest BCUT2D eigenvalue weighted by atomic mass is 16.3. The smallest absolute Gasteiger partial charge is 0.145 e. The minimum Gasteiger partial charge on any atom is -0.465 e. The molecule has 0 saturated heterocycles. The van der Waals surface area contributed by atoms with Crippen LogP contribution in [0.15, 0.2) is 40.5 Å². The quantitative estimate of drug-likeness (QED) is 0.388. The molecule has 0 bridgehead atoms. The fourth-order valence-corrected chi connectivity index (χ4v) is 0.720. The van der Waals surface area contributed by atoms with E-state index in [9.17, 15) is 4.79 Å². The number of hydrogen-bond donors (Lipinski definition) is 0. The van der Waals surface area contributed by atoms with E-state index in [0.717, 1.165) is 12.0 Å². The van der Waals surface area contributed by atoms with Gasteiger partial charge in [0.25, 0.3) is 0 Å². The molecule has 0 unspecified atom stereocenters. The first-order valence-corrected chi connectivity index (χ1v) is 3.66. The number of carbonyl (C=O) groups excluding carboxylic acids is 1. The Kier molecular flexibility index (Phi) is 3.08. The fraction of sp³-hybridized carbons (Fsp3) is 0.100. The predicted molar refractivity (Wildman–Crippen MR) is 47.6 cm³/mol. The Balaban J connectivity index is 2.58. The summed E-state index contributed by atoms with van der Waals surface area (Å²) >= 11 is 0. The Bertz CT molecular complexity index is 292. The van der Waals surface area contributed by atoms with Crippen LogP contribution in [0.1, 0.15) is 12.7 Å². The molecule has 0 fully saturated rings. The maximum Gasteiger partial charge on any atom is 0.145 e. The summed E-state index contributed by atoms with van der Waals surface area (Å²) in [5.41, 5.74) is 0.692. The van der Waals surface area contributed by atoms with Gasteiger partial charge in [0, 0.05) is 0 Å². The summed E-state index contributed by atoms with van der Waals surface area (Å²) < 4.78 is 5.04. The van der Waals surface area contributed by atoms with Crippen molar-refractivity contribution in [1.29, 1.82) is 0 Å². The summed E-state index contributed by atoms with van der Waals surface area (Å²) in [5.74, 6) is 0.782. The Labute approximate surface area is 71.2 Å². The van der Waals surface area contributed by atoms with Crippen LogP contribution in [0.25, 0.3) is 6.08 Å². The van der Waals surface area contributed by atoms with Gasteiger partial charge in [-0.25, -0.2) is 0 Å². The molecule has 0 aliphatic rings. The zero-order chi connectivity index (χ0) is 8.81. The first-order valence-electron chi connectivity index (χ1n) is 3.66. The maximum atomic E-state index is 10.2. The fourth-order valence-electron chi connectivity index (χ4n) is 0.720. The van der Waals surface area contributed by atoms with Crippen LogP contribution in [0, 0.1) is 0 Å². The lowest BCUT2D eigenvalue weighted by atomic mass is 10.3. The van der Waals surface area contributed by atoms with Crippen LogP contribution < -0.4 is 0 Å². The van der Waals surface area contributed by atoms with Gasteiger partial charge in [0.15, 0.2) is 0 Å². The van der Waals surface area contributed by atoms with Gasteiger partial charge in [-0.05, 0) is 30.7 Å². The van der Waals surface area contributed by atoms with Crippen molar-refractivity contribution in [3.63, 3.8) is 0 Å². The van der Waals surface area contributed by atoms with E-state index in [1.165, 1.54) is 0 Å². The molecule has 62 valence electrons. The monoisotopic (exact) mass is 162 g/mol. The lowest BCUT2D eigenvalue weighted by Crippen LogP contribution is -1.71. The van der Waals surface area contributed by atoms with E-state index in [0.29, 0.717) is 5.57 Å². The van der Waals surface area contributed by atoms with Crippen LogP contribution in [0.2, 0.25) is 0 Å². The van der Waals surface area contributed by atoms with E-state index < -0.39 is 0 Å². The molecular formula is C10H10O2. The van der Waals surface area contributed by atoms with E-state index in [4.69, 9.17) is 4.42 Å². The van der Waals surface area contributed by atoms with Crippen LogP contribution in [0.4, 0.5) is 0 Å². The number of carbonyl (C=O) groups is 1. The maximum absolute atomic E-state index is 10.2. The highest BCUT2D eigenvalue weighted by molar-refractivity contribution is 5.73. The van der Waals surface area contributed by atoms with Crippen LogP contribution in [0.5, 0.6) is 0 Å².